The zero-order valence-corrected chi connectivity index (χ0v) is 18.5. The van der Waals surface area contributed by atoms with Crippen LogP contribution in [-0.4, -0.2) is 48.4 Å². The summed E-state index contributed by atoms with van der Waals surface area (Å²) in [6, 6.07) is 3.89. The number of anilines is 1. The number of hydrogen-bond acceptors (Lipinski definition) is 9. The highest BCUT2D eigenvalue weighted by Crippen LogP contribution is 2.32. The molecule has 0 fully saturated rings. The maximum Gasteiger partial charge on any atom is 0.341 e. The molecule has 1 heterocycles. The van der Waals surface area contributed by atoms with Gasteiger partial charge in [-0.05, 0) is 32.4 Å². The fourth-order valence-corrected chi connectivity index (χ4v) is 3.65. The summed E-state index contributed by atoms with van der Waals surface area (Å²) in [4.78, 5) is 59.5. The fraction of sp³-hybridized carbons (Fsp3) is 0.300. The van der Waals surface area contributed by atoms with Crippen molar-refractivity contribution in [1.29, 1.82) is 0 Å². The van der Waals surface area contributed by atoms with Crippen LogP contribution in [0.3, 0.4) is 0 Å². The number of esters is 2. The molecular formula is C20H21N3O8S. The standard InChI is InChI=1S/C20H21N3O8S/c1-10-12(3)32-18(16(10)20(27)30-4)22-15(24)9-31-19(26)11(2)21-17(25)13-6-5-7-14(8-13)23(28)29/h5-8,11H,9H2,1-4H3,(H,21,25)(H,22,24)/t11-/m0/s1. The molecule has 1 aromatic carbocycles. The molecule has 0 spiro atoms. The minimum atomic E-state index is -1.12. The van der Waals surface area contributed by atoms with Gasteiger partial charge in [0.2, 0.25) is 0 Å². The van der Waals surface area contributed by atoms with Gasteiger partial charge in [-0.1, -0.05) is 6.07 Å². The first-order chi connectivity index (χ1) is 15.0. The Morgan fingerprint density at radius 3 is 2.53 bits per heavy atom. The predicted molar refractivity (Wildman–Crippen MR) is 115 cm³/mol. The second kappa shape index (κ2) is 10.5. The molecule has 2 amide bonds. The van der Waals surface area contributed by atoms with E-state index in [-0.39, 0.29) is 21.8 Å². The lowest BCUT2D eigenvalue weighted by Crippen LogP contribution is -2.40. The number of amides is 2. The first-order valence-corrected chi connectivity index (χ1v) is 10.1. The predicted octanol–water partition coefficient (Wildman–Crippen LogP) is 2.36. The third kappa shape index (κ3) is 5.88. The Bertz CT molecular complexity index is 1080. The molecule has 0 radical (unpaired) electrons. The van der Waals surface area contributed by atoms with Gasteiger partial charge in [-0.3, -0.25) is 19.7 Å². The van der Waals surface area contributed by atoms with E-state index < -0.39 is 41.3 Å². The van der Waals surface area contributed by atoms with Crippen molar-refractivity contribution in [3.8, 4) is 0 Å². The zero-order valence-electron chi connectivity index (χ0n) is 17.7. The Hall–Kier alpha value is -3.80. The van der Waals surface area contributed by atoms with E-state index in [1.807, 2.05) is 0 Å². The van der Waals surface area contributed by atoms with E-state index in [4.69, 9.17) is 9.47 Å². The van der Waals surface area contributed by atoms with Gasteiger partial charge in [0.05, 0.1) is 17.6 Å². The lowest BCUT2D eigenvalue weighted by molar-refractivity contribution is -0.384. The van der Waals surface area contributed by atoms with Crippen molar-refractivity contribution in [2.45, 2.75) is 26.8 Å². The first-order valence-electron chi connectivity index (χ1n) is 9.25. The van der Waals surface area contributed by atoms with Gasteiger partial charge in [0.15, 0.2) is 6.61 Å². The van der Waals surface area contributed by atoms with Crippen molar-refractivity contribution >= 4 is 45.8 Å². The number of aryl methyl sites for hydroxylation is 1. The number of thiophene rings is 1. The SMILES string of the molecule is COC(=O)c1c(NC(=O)COC(=O)[C@H](C)NC(=O)c2cccc([N+](=O)[O-])c2)sc(C)c1C. The van der Waals surface area contributed by atoms with Gasteiger partial charge < -0.3 is 20.1 Å². The van der Waals surface area contributed by atoms with Crippen molar-refractivity contribution in [1.82, 2.24) is 5.32 Å². The third-order valence-electron chi connectivity index (χ3n) is 4.39. The Morgan fingerprint density at radius 2 is 1.91 bits per heavy atom. The Balaban J connectivity index is 1.93. The van der Waals surface area contributed by atoms with Crippen LogP contribution in [0, 0.1) is 24.0 Å². The van der Waals surface area contributed by atoms with Crippen LogP contribution in [0.15, 0.2) is 24.3 Å². The number of carbonyl (C=O) groups excluding carboxylic acids is 4. The van der Waals surface area contributed by atoms with Gasteiger partial charge in [-0.2, -0.15) is 0 Å². The number of nitro benzene ring substituents is 1. The van der Waals surface area contributed by atoms with Crippen LogP contribution in [0.1, 0.15) is 38.1 Å². The summed E-state index contributed by atoms with van der Waals surface area (Å²) in [5.74, 6) is -2.88. The molecule has 2 aromatic rings. The normalized spacial score (nSPS) is 11.2. The summed E-state index contributed by atoms with van der Waals surface area (Å²) < 4.78 is 9.64. The zero-order chi connectivity index (χ0) is 24.0. The van der Waals surface area contributed by atoms with Crippen LogP contribution in [0.2, 0.25) is 0 Å². The van der Waals surface area contributed by atoms with Crippen molar-refractivity contribution in [2.75, 3.05) is 19.0 Å². The number of rotatable bonds is 8. The number of ether oxygens (including phenoxy) is 2. The number of carbonyl (C=O) groups is 4. The number of nitrogens with zero attached hydrogens (tertiary/aromatic N) is 1. The quantitative estimate of drug-likeness (QED) is 0.343. The molecule has 0 aliphatic carbocycles. The second-order valence-corrected chi connectivity index (χ2v) is 7.86. The Morgan fingerprint density at radius 1 is 1.22 bits per heavy atom. The Kier molecular flexibility index (Phi) is 8.02. The molecule has 32 heavy (non-hydrogen) atoms. The molecule has 170 valence electrons. The van der Waals surface area contributed by atoms with Crippen molar-refractivity contribution in [3.05, 3.63) is 55.9 Å². The van der Waals surface area contributed by atoms with Crippen molar-refractivity contribution in [3.63, 3.8) is 0 Å². The number of benzene rings is 1. The van der Waals surface area contributed by atoms with Gasteiger partial charge in [-0.25, -0.2) is 9.59 Å². The lowest BCUT2D eigenvalue weighted by atomic mass is 10.1. The molecule has 0 saturated carbocycles. The van der Waals surface area contributed by atoms with E-state index in [9.17, 15) is 29.3 Å². The average molecular weight is 463 g/mol. The molecular weight excluding hydrogens is 442 g/mol. The molecule has 2 rings (SSSR count). The van der Waals surface area contributed by atoms with E-state index in [1.165, 1.54) is 43.6 Å². The number of hydrogen-bond donors (Lipinski definition) is 2. The topological polar surface area (TPSA) is 154 Å². The summed E-state index contributed by atoms with van der Waals surface area (Å²) >= 11 is 1.18. The van der Waals surface area contributed by atoms with Gasteiger partial charge >= 0.3 is 11.9 Å². The third-order valence-corrected chi connectivity index (χ3v) is 5.52. The maximum atomic E-state index is 12.2. The number of nitrogens with one attached hydrogen (secondary N) is 2. The summed E-state index contributed by atoms with van der Waals surface area (Å²) in [5, 5.41) is 16.0. The number of non-ortho nitro benzene ring substituents is 1. The molecule has 1 atom stereocenters. The largest absolute Gasteiger partial charge is 0.465 e. The highest BCUT2D eigenvalue weighted by atomic mass is 32.1. The summed E-state index contributed by atoms with van der Waals surface area (Å²) in [5.41, 5.74) is 0.629. The molecule has 0 aliphatic rings. The lowest BCUT2D eigenvalue weighted by Gasteiger charge is -2.13. The number of nitro groups is 1. The van der Waals surface area contributed by atoms with Gasteiger partial charge in [0, 0.05) is 22.6 Å². The highest BCUT2D eigenvalue weighted by molar-refractivity contribution is 7.16. The summed E-state index contributed by atoms with van der Waals surface area (Å²) in [6.45, 7) is 4.20. The molecule has 2 N–H and O–H groups in total. The number of methoxy groups -OCH3 is 1. The minimum absolute atomic E-state index is 0.00429. The molecule has 0 bridgehead atoms. The molecule has 0 unspecified atom stereocenters. The summed E-state index contributed by atoms with van der Waals surface area (Å²) in [6.07, 6.45) is 0. The van der Waals surface area contributed by atoms with Crippen LogP contribution < -0.4 is 10.6 Å². The van der Waals surface area contributed by atoms with Gasteiger partial charge in [0.25, 0.3) is 17.5 Å². The van der Waals surface area contributed by atoms with Crippen LogP contribution in [0.5, 0.6) is 0 Å². The molecule has 11 nitrogen and oxygen atoms in total. The molecule has 0 aliphatic heterocycles. The monoisotopic (exact) mass is 463 g/mol. The fourth-order valence-electron chi connectivity index (χ4n) is 2.59. The van der Waals surface area contributed by atoms with E-state index in [1.54, 1.807) is 13.8 Å². The van der Waals surface area contributed by atoms with E-state index in [0.717, 1.165) is 10.9 Å². The highest BCUT2D eigenvalue weighted by Gasteiger charge is 2.23. The van der Waals surface area contributed by atoms with E-state index in [0.29, 0.717) is 5.56 Å². The maximum absolute atomic E-state index is 12.2. The molecule has 0 saturated heterocycles. The second-order valence-electron chi connectivity index (χ2n) is 6.64. The smallest absolute Gasteiger partial charge is 0.341 e. The molecule has 12 heteroatoms. The van der Waals surface area contributed by atoms with E-state index in [2.05, 4.69) is 10.6 Å². The first kappa shape index (κ1) is 24.5. The summed E-state index contributed by atoms with van der Waals surface area (Å²) in [7, 11) is 1.23. The van der Waals surface area contributed by atoms with Crippen LogP contribution in [0.25, 0.3) is 0 Å². The van der Waals surface area contributed by atoms with Gasteiger partial charge in [0.1, 0.15) is 11.0 Å². The van der Waals surface area contributed by atoms with Crippen LogP contribution >= 0.6 is 11.3 Å². The van der Waals surface area contributed by atoms with Crippen molar-refractivity contribution in [2.24, 2.45) is 0 Å². The molecule has 1 aromatic heterocycles. The van der Waals surface area contributed by atoms with Crippen molar-refractivity contribution < 1.29 is 33.6 Å². The average Bonchev–Trinajstić information content (AvgIpc) is 3.04. The van der Waals surface area contributed by atoms with Crippen LogP contribution in [-0.2, 0) is 19.1 Å². The van der Waals surface area contributed by atoms with E-state index >= 15 is 0 Å². The van der Waals surface area contributed by atoms with Gasteiger partial charge in [-0.15, -0.1) is 11.3 Å². The Labute approximate surface area is 186 Å². The minimum Gasteiger partial charge on any atom is -0.465 e. The van der Waals surface area contributed by atoms with Crippen LogP contribution in [0.4, 0.5) is 10.7 Å².